The minimum atomic E-state index is 0.720. The fourth-order valence-corrected chi connectivity index (χ4v) is 3.18. The van der Waals surface area contributed by atoms with Crippen LogP contribution in [0.5, 0.6) is 0 Å². The Balaban J connectivity index is 1.72. The van der Waals surface area contributed by atoms with Crippen LogP contribution in [0, 0.1) is 6.92 Å². The normalized spacial score (nSPS) is 10.7. The van der Waals surface area contributed by atoms with Crippen molar-refractivity contribution < 1.29 is 0 Å². The second-order valence-electron chi connectivity index (χ2n) is 6.24. The van der Waals surface area contributed by atoms with Crippen molar-refractivity contribution in [2.45, 2.75) is 13.8 Å². The van der Waals surface area contributed by atoms with E-state index in [0.29, 0.717) is 0 Å². The van der Waals surface area contributed by atoms with E-state index in [1.165, 1.54) is 0 Å². The Bertz CT molecular complexity index is 1060. The number of hydrogen-bond acceptors (Lipinski definition) is 5. The number of anilines is 4. The van der Waals surface area contributed by atoms with Crippen LogP contribution in [0.3, 0.4) is 0 Å². The minimum Gasteiger partial charge on any atom is -0.338 e. The van der Waals surface area contributed by atoms with E-state index in [2.05, 4.69) is 56.4 Å². The first kappa shape index (κ1) is 17.0. The summed E-state index contributed by atoms with van der Waals surface area (Å²) in [6, 6.07) is 22.3. The molecule has 5 nitrogen and oxygen atoms in total. The third kappa shape index (κ3) is 3.58. The van der Waals surface area contributed by atoms with Gasteiger partial charge in [0, 0.05) is 29.9 Å². The largest absolute Gasteiger partial charge is 0.338 e. The van der Waals surface area contributed by atoms with E-state index in [4.69, 9.17) is 0 Å². The molecule has 0 unspecified atom stereocenters. The van der Waals surface area contributed by atoms with Crippen molar-refractivity contribution in [3.8, 4) is 0 Å². The maximum Gasteiger partial charge on any atom is 0.138 e. The van der Waals surface area contributed by atoms with Gasteiger partial charge in [-0.25, -0.2) is 9.97 Å². The van der Waals surface area contributed by atoms with Crippen LogP contribution in [0.2, 0.25) is 0 Å². The summed E-state index contributed by atoms with van der Waals surface area (Å²) in [6.45, 7) is 4.84. The van der Waals surface area contributed by atoms with Gasteiger partial charge in [-0.05, 0) is 38.1 Å². The van der Waals surface area contributed by atoms with Gasteiger partial charge in [0.1, 0.15) is 17.5 Å². The Hall–Kier alpha value is -3.47. The molecule has 1 N–H and O–H groups in total. The lowest BCUT2D eigenvalue weighted by molar-refractivity contribution is 0.953. The van der Waals surface area contributed by atoms with E-state index in [9.17, 15) is 0 Å². The van der Waals surface area contributed by atoms with Crippen molar-refractivity contribution in [3.63, 3.8) is 0 Å². The molecule has 134 valence electrons. The monoisotopic (exact) mass is 355 g/mol. The number of hydrogen-bond donors (Lipinski definition) is 1. The Morgan fingerprint density at radius 1 is 0.926 bits per heavy atom. The van der Waals surface area contributed by atoms with Gasteiger partial charge in [-0.1, -0.05) is 36.4 Å². The van der Waals surface area contributed by atoms with Gasteiger partial charge in [-0.3, -0.25) is 4.98 Å². The van der Waals surface area contributed by atoms with E-state index in [-0.39, 0.29) is 0 Å². The zero-order valence-electron chi connectivity index (χ0n) is 15.4. The van der Waals surface area contributed by atoms with Gasteiger partial charge in [0.2, 0.25) is 0 Å². The molecular weight excluding hydrogens is 334 g/mol. The molecule has 0 radical (unpaired) electrons. The average Bonchev–Trinajstić information content (AvgIpc) is 2.69. The molecule has 0 spiro atoms. The second-order valence-corrected chi connectivity index (χ2v) is 6.24. The molecule has 0 amide bonds. The van der Waals surface area contributed by atoms with Crippen LogP contribution in [-0.2, 0) is 0 Å². The van der Waals surface area contributed by atoms with Crippen LogP contribution >= 0.6 is 0 Å². The summed E-state index contributed by atoms with van der Waals surface area (Å²) in [5, 5.41) is 4.51. The molecule has 0 saturated heterocycles. The summed E-state index contributed by atoms with van der Waals surface area (Å²) < 4.78 is 0. The van der Waals surface area contributed by atoms with Gasteiger partial charge < -0.3 is 10.2 Å². The molecule has 0 aliphatic heterocycles. The van der Waals surface area contributed by atoms with Crippen molar-refractivity contribution in [1.82, 2.24) is 15.0 Å². The van der Waals surface area contributed by atoms with E-state index >= 15 is 0 Å². The number of benzene rings is 2. The van der Waals surface area contributed by atoms with Gasteiger partial charge in [0.05, 0.1) is 11.2 Å². The molecule has 4 aromatic rings. The van der Waals surface area contributed by atoms with Crippen LogP contribution in [0.15, 0.2) is 72.9 Å². The topological polar surface area (TPSA) is 53.9 Å². The molecule has 2 aromatic carbocycles. The SMILES string of the molecule is CCN(c1ccccc1)c1cc(Nc2cccc3cccnc23)nc(C)n1. The van der Waals surface area contributed by atoms with E-state index in [0.717, 1.165) is 46.3 Å². The highest BCUT2D eigenvalue weighted by Gasteiger charge is 2.12. The molecule has 4 rings (SSSR count). The zero-order valence-corrected chi connectivity index (χ0v) is 15.4. The van der Waals surface area contributed by atoms with Crippen LogP contribution in [0.25, 0.3) is 10.9 Å². The smallest absolute Gasteiger partial charge is 0.138 e. The van der Waals surface area contributed by atoms with Gasteiger partial charge in [-0.2, -0.15) is 0 Å². The summed E-state index contributed by atoms with van der Waals surface area (Å²) >= 11 is 0. The predicted molar refractivity (Wildman–Crippen MR) is 111 cm³/mol. The maximum absolute atomic E-state index is 4.64. The number of nitrogens with zero attached hydrogens (tertiary/aromatic N) is 4. The highest BCUT2D eigenvalue weighted by molar-refractivity contribution is 5.91. The Morgan fingerprint density at radius 2 is 1.74 bits per heavy atom. The first-order valence-corrected chi connectivity index (χ1v) is 9.03. The molecule has 27 heavy (non-hydrogen) atoms. The molecule has 5 heteroatoms. The van der Waals surface area contributed by atoms with E-state index in [1.54, 1.807) is 6.20 Å². The summed E-state index contributed by atoms with van der Waals surface area (Å²) in [4.78, 5) is 15.9. The van der Waals surface area contributed by atoms with Gasteiger partial charge in [0.25, 0.3) is 0 Å². The number of rotatable bonds is 5. The van der Waals surface area contributed by atoms with Crippen molar-refractivity contribution in [2.75, 3.05) is 16.8 Å². The Morgan fingerprint density at radius 3 is 2.56 bits per heavy atom. The fourth-order valence-electron chi connectivity index (χ4n) is 3.18. The maximum atomic E-state index is 4.64. The molecule has 0 saturated carbocycles. The van der Waals surface area contributed by atoms with Gasteiger partial charge >= 0.3 is 0 Å². The lowest BCUT2D eigenvalue weighted by Crippen LogP contribution is -2.18. The van der Waals surface area contributed by atoms with Crippen LogP contribution in [0.4, 0.5) is 23.0 Å². The molecular formula is C22H21N5. The number of para-hydroxylation sites is 2. The minimum absolute atomic E-state index is 0.720. The predicted octanol–water partition coefficient (Wildman–Crippen LogP) is 5.23. The van der Waals surface area contributed by atoms with Crippen LogP contribution in [0.1, 0.15) is 12.7 Å². The van der Waals surface area contributed by atoms with E-state index in [1.807, 2.05) is 49.4 Å². The summed E-state index contributed by atoms with van der Waals surface area (Å²) in [7, 11) is 0. The highest BCUT2D eigenvalue weighted by atomic mass is 15.2. The molecule has 0 aliphatic rings. The lowest BCUT2D eigenvalue weighted by atomic mass is 10.2. The first-order valence-electron chi connectivity index (χ1n) is 9.03. The Kier molecular flexibility index (Phi) is 4.66. The zero-order chi connectivity index (χ0) is 18.6. The number of aromatic nitrogens is 3. The van der Waals surface area contributed by atoms with E-state index < -0.39 is 0 Å². The summed E-state index contributed by atoms with van der Waals surface area (Å²) in [6.07, 6.45) is 1.80. The first-order chi connectivity index (χ1) is 13.2. The van der Waals surface area contributed by atoms with Crippen molar-refractivity contribution in [2.24, 2.45) is 0 Å². The van der Waals surface area contributed by atoms with Crippen molar-refractivity contribution >= 4 is 33.9 Å². The molecule has 0 aliphatic carbocycles. The standard InChI is InChI=1S/C22H21N5/c1-3-27(18-11-5-4-6-12-18)21-15-20(24-16(2)25-21)26-19-13-7-9-17-10-8-14-23-22(17)19/h4-15H,3H2,1-2H3,(H,24,25,26). The number of fused-ring (bicyclic) bond motifs is 1. The number of aryl methyl sites for hydroxylation is 1. The number of nitrogens with one attached hydrogen (secondary N) is 1. The summed E-state index contributed by atoms with van der Waals surface area (Å²) in [5.41, 5.74) is 2.96. The van der Waals surface area contributed by atoms with Gasteiger partial charge in [-0.15, -0.1) is 0 Å². The average molecular weight is 355 g/mol. The molecule has 0 bridgehead atoms. The Labute approximate surface area is 158 Å². The van der Waals surface area contributed by atoms with Crippen molar-refractivity contribution in [3.05, 3.63) is 78.8 Å². The molecule has 2 heterocycles. The molecule has 0 atom stereocenters. The third-order valence-corrected chi connectivity index (χ3v) is 4.38. The molecule has 0 fully saturated rings. The van der Waals surface area contributed by atoms with Crippen LogP contribution in [-0.4, -0.2) is 21.5 Å². The lowest BCUT2D eigenvalue weighted by Gasteiger charge is -2.23. The van der Waals surface area contributed by atoms with Gasteiger partial charge in [0.15, 0.2) is 0 Å². The fraction of sp³-hybridized carbons (Fsp3) is 0.136. The second kappa shape index (κ2) is 7.41. The third-order valence-electron chi connectivity index (χ3n) is 4.38. The number of pyridine rings is 1. The van der Waals surface area contributed by atoms with Crippen molar-refractivity contribution in [1.29, 1.82) is 0 Å². The molecule has 2 aromatic heterocycles. The highest BCUT2D eigenvalue weighted by Crippen LogP contribution is 2.28. The van der Waals surface area contributed by atoms with Crippen LogP contribution < -0.4 is 10.2 Å². The quantitative estimate of drug-likeness (QED) is 0.531. The summed E-state index contributed by atoms with van der Waals surface area (Å²) in [5.74, 6) is 2.34.